The van der Waals surface area contributed by atoms with Gasteiger partial charge in [-0.1, -0.05) is 23.7 Å². The zero-order valence-corrected chi connectivity index (χ0v) is 16.2. The number of halogens is 1. The van der Waals surface area contributed by atoms with Crippen LogP contribution in [0, 0.1) is 0 Å². The lowest BCUT2D eigenvalue weighted by molar-refractivity contribution is 0.203. The van der Waals surface area contributed by atoms with Gasteiger partial charge in [-0.15, -0.1) is 0 Å². The van der Waals surface area contributed by atoms with E-state index in [9.17, 15) is 0 Å². The SMILES string of the molecule is COc1cc2c(cc1OC)[C@H](c1cccc(Cl)c1)N(Cc1ccoc1)CC2. The first-order valence-electron chi connectivity index (χ1n) is 8.95. The fourth-order valence-corrected chi connectivity index (χ4v) is 4.05. The zero-order chi connectivity index (χ0) is 18.8. The van der Waals surface area contributed by atoms with Crippen molar-refractivity contribution in [2.24, 2.45) is 0 Å². The third-order valence-corrected chi connectivity index (χ3v) is 5.34. The highest BCUT2D eigenvalue weighted by Crippen LogP contribution is 2.41. The molecule has 2 heterocycles. The molecule has 0 unspecified atom stereocenters. The highest BCUT2D eigenvalue weighted by Gasteiger charge is 2.30. The van der Waals surface area contributed by atoms with E-state index in [1.165, 1.54) is 16.7 Å². The van der Waals surface area contributed by atoms with Crippen molar-refractivity contribution in [3.05, 3.63) is 82.3 Å². The van der Waals surface area contributed by atoms with Crippen LogP contribution in [-0.2, 0) is 13.0 Å². The Morgan fingerprint density at radius 1 is 1.11 bits per heavy atom. The standard InChI is InChI=1S/C22H22ClNO3/c1-25-20-11-16-6-8-24(13-15-7-9-27-14-15)22(19(16)12-21(20)26-2)17-4-3-5-18(23)10-17/h3-5,7,9-12,14,22H,6,8,13H2,1-2H3/t22-/m0/s1. The molecule has 1 atom stereocenters. The van der Waals surface area contributed by atoms with Gasteiger partial charge in [-0.2, -0.15) is 0 Å². The lowest BCUT2D eigenvalue weighted by atomic mass is 9.87. The summed E-state index contributed by atoms with van der Waals surface area (Å²) in [5, 5.41) is 0.739. The molecule has 5 heteroatoms. The van der Waals surface area contributed by atoms with Crippen molar-refractivity contribution >= 4 is 11.6 Å². The van der Waals surface area contributed by atoms with Gasteiger partial charge in [-0.3, -0.25) is 4.90 Å². The van der Waals surface area contributed by atoms with Gasteiger partial charge in [0.1, 0.15) is 0 Å². The molecule has 0 fully saturated rings. The minimum atomic E-state index is 0.0853. The van der Waals surface area contributed by atoms with Crippen LogP contribution in [0.5, 0.6) is 11.5 Å². The van der Waals surface area contributed by atoms with E-state index in [-0.39, 0.29) is 6.04 Å². The van der Waals surface area contributed by atoms with Crippen molar-refractivity contribution in [1.29, 1.82) is 0 Å². The van der Waals surface area contributed by atoms with Crippen LogP contribution < -0.4 is 9.47 Å². The summed E-state index contributed by atoms with van der Waals surface area (Å²) in [6.07, 6.45) is 4.47. The molecule has 0 aliphatic carbocycles. The second kappa shape index (κ2) is 7.67. The molecule has 27 heavy (non-hydrogen) atoms. The largest absolute Gasteiger partial charge is 0.493 e. The summed E-state index contributed by atoms with van der Waals surface area (Å²) in [5.74, 6) is 1.51. The van der Waals surface area contributed by atoms with Crippen LogP contribution in [-0.4, -0.2) is 25.7 Å². The van der Waals surface area contributed by atoms with Crippen LogP contribution >= 0.6 is 11.6 Å². The quantitative estimate of drug-likeness (QED) is 0.614. The van der Waals surface area contributed by atoms with E-state index < -0.39 is 0 Å². The third-order valence-electron chi connectivity index (χ3n) is 5.10. The van der Waals surface area contributed by atoms with Crippen LogP contribution in [0.2, 0.25) is 5.02 Å². The minimum Gasteiger partial charge on any atom is -0.493 e. The number of methoxy groups -OCH3 is 2. The molecule has 1 aromatic heterocycles. The van der Waals surface area contributed by atoms with Crippen LogP contribution in [0.1, 0.15) is 28.3 Å². The Morgan fingerprint density at radius 2 is 1.93 bits per heavy atom. The Labute approximate surface area is 164 Å². The molecule has 0 spiro atoms. The molecule has 3 aromatic rings. The van der Waals surface area contributed by atoms with Crippen LogP contribution in [0.4, 0.5) is 0 Å². The highest BCUT2D eigenvalue weighted by atomic mass is 35.5. The molecule has 0 radical (unpaired) electrons. The van der Waals surface area contributed by atoms with Crippen molar-refractivity contribution in [3.63, 3.8) is 0 Å². The molecule has 0 saturated carbocycles. The Bertz CT molecular complexity index is 923. The van der Waals surface area contributed by atoms with E-state index in [2.05, 4.69) is 23.1 Å². The molecular weight excluding hydrogens is 362 g/mol. The summed E-state index contributed by atoms with van der Waals surface area (Å²) in [6.45, 7) is 1.74. The van der Waals surface area contributed by atoms with Crippen molar-refractivity contribution < 1.29 is 13.9 Å². The molecule has 4 rings (SSSR count). The number of benzene rings is 2. The minimum absolute atomic E-state index is 0.0853. The molecule has 0 N–H and O–H groups in total. The van der Waals surface area contributed by atoms with Crippen LogP contribution in [0.25, 0.3) is 0 Å². The highest BCUT2D eigenvalue weighted by molar-refractivity contribution is 6.30. The first-order chi connectivity index (χ1) is 13.2. The van der Waals surface area contributed by atoms with Gasteiger partial charge >= 0.3 is 0 Å². The van der Waals surface area contributed by atoms with Crippen LogP contribution in [0.15, 0.2) is 59.4 Å². The van der Waals surface area contributed by atoms with E-state index in [0.29, 0.717) is 0 Å². The summed E-state index contributed by atoms with van der Waals surface area (Å²) in [6, 6.07) is 14.4. The number of hydrogen-bond donors (Lipinski definition) is 0. The smallest absolute Gasteiger partial charge is 0.161 e. The summed E-state index contributed by atoms with van der Waals surface area (Å²) < 4.78 is 16.3. The molecule has 1 aliphatic rings. The average molecular weight is 384 g/mol. The van der Waals surface area contributed by atoms with Gasteiger partial charge in [0, 0.05) is 23.7 Å². The second-order valence-corrected chi connectivity index (χ2v) is 7.15. The lowest BCUT2D eigenvalue weighted by Crippen LogP contribution is -2.35. The van der Waals surface area contributed by atoms with Gasteiger partial charge in [-0.25, -0.2) is 0 Å². The van der Waals surface area contributed by atoms with Gasteiger partial charge in [0.25, 0.3) is 0 Å². The Morgan fingerprint density at radius 3 is 2.63 bits per heavy atom. The molecule has 0 amide bonds. The van der Waals surface area contributed by atoms with Gasteiger partial charge in [0.15, 0.2) is 11.5 Å². The summed E-state index contributed by atoms with van der Waals surface area (Å²) in [5.41, 5.74) is 4.83. The van der Waals surface area contributed by atoms with Gasteiger partial charge in [0.2, 0.25) is 0 Å². The van der Waals surface area contributed by atoms with Crippen LogP contribution in [0.3, 0.4) is 0 Å². The maximum atomic E-state index is 6.31. The Hall–Kier alpha value is -2.43. The average Bonchev–Trinajstić information content (AvgIpc) is 3.19. The lowest BCUT2D eigenvalue weighted by Gasteiger charge is -2.38. The number of nitrogens with zero attached hydrogens (tertiary/aromatic N) is 1. The fourth-order valence-electron chi connectivity index (χ4n) is 3.85. The van der Waals surface area contributed by atoms with Crippen molar-refractivity contribution in [3.8, 4) is 11.5 Å². The van der Waals surface area contributed by atoms with E-state index in [1.807, 2.05) is 24.3 Å². The molecular formula is C22H22ClNO3. The molecule has 2 aromatic carbocycles. The molecule has 0 bridgehead atoms. The Kier molecular flexibility index (Phi) is 5.10. The van der Waals surface area contributed by atoms with Gasteiger partial charge < -0.3 is 13.9 Å². The first-order valence-corrected chi connectivity index (χ1v) is 9.32. The van der Waals surface area contributed by atoms with Crippen molar-refractivity contribution in [2.75, 3.05) is 20.8 Å². The summed E-state index contributed by atoms with van der Waals surface area (Å²) >= 11 is 6.31. The monoisotopic (exact) mass is 383 g/mol. The predicted octanol–water partition coefficient (Wildman–Crippen LogP) is 5.10. The molecule has 1 aliphatic heterocycles. The maximum Gasteiger partial charge on any atom is 0.161 e. The number of hydrogen-bond acceptors (Lipinski definition) is 4. The van der Waals surface area contributed by atoms with E-state index in [1.54, 1.807) is 26.7 Å². The molecule has 0 saturated heterocycles. The first kappa shape index (κ1) is 18.0. The second-order valence-electron chi connectivity index (χ2n) is 6.72. The van der Waals surface area contributed by atoms with E-state index in [4.69, 9.17) is 25.5 Å². The van der Waals surface area contributed by atoms with Crippen molar-refractivity contribution in [1.82, 2.24) is 4.90 Å². The predicted molar refractivity (Wildman–Crippen MR) is 106 cm³/mol. The number of furan rings is 1. The number of fused-ring (bicyclic) bond motifs is 1. The van der Waals surface area contributed by atoms with Crippen molar-refractivity contribution in [2.45, 2.75) is 19.0 Å². The topological polar surface area (TPSA) is 34.8 Å². The number of ether oxygens (including phenoxy) is 2. The molecule has 4 nitrogen and oxygen atoms in total. The van der Waals surface area contributed by atoms with Gasteiger partial charge in [-0.05, 0) is 53.4 Å². The fraction of sp³-hybridized carbons (Fsp3) is 0.273. The van der Waals surface area contributed by atoms with E-state index >= 15 is 0 Å². The maximum absolute atomic E-state index is 6.31. The Balaban J connectivity index is 1.82. The third kappa shape index (κ3) is 3.55. The summed E-state index contributed by atoms with van der Waals surface area (Å²) in [7, 11) is 3.34. The number of rotatable bonds is 5. The normalized spacial score (nSPS) is 16.8. The summed E-state index contributed by atoms with van der Waals surface area (Å²) in [4.78, 5) is 2.45. The van der Waals surface area contributed by atoms with E-state index in [0.717, 1.165) is 41.6 Å². The molecule has 140 valence electrons. The zero-order valence-electron chi connectivity index (χ0n) is 15.4. The van der Waals surface area contributed by atoms with Gasteiger partial charge in [0.05, 0.1) is 32.8 Å².